The van der Waals surface area contributed by atoms with Crippen molar-refractivity contribution in [3.8, 4) is 0 Å². The monoisotopic (exact) mass is 2000 g/mol. The number of hydrogen-bond acceptors (Lipinski definition) is 34. The van der Waals surface area contributed by atoms with E-state index in [1.54, 1.807) is 0 Å². The molecule has 0 aromatic carbocycles. The van der Waals surface area contributed by atoms with Crippen LogP contribution in [0.4, 0.5) is 0 Å². The lowest BCUT2D eigenvalue weighted by atomic mass is 10.2. The highest BCUT2D eigenvalue weighted by Crippen LogP contribution is 1.94. The maximum atomic E-state index is 11.1. The van der Waals surface area contributed by atoms with E-state index in [0.29, 0.717) is 71.2 Å². The van der Waals surface area contributed by atoms with Gasteiger partial charge in [0.25, 0.3) is 0 Å². The van der Waals surface area contributed by atoms with E-state index >= 15 is 0 Å². The second-order valence-corrected chi connectivity index (χ2v) is 30.1. The molecule has 0 radical (unpaired) electrons. The largest absolute Gasteiger partial charge is 0.351 e. The summed E-state index contributed by atoms with van der Waals surface area (Å²) in [4.78, 5) is 120. The molecule has 39 nitrogen and oxygen atoms in total. The highest BCUT2D eigenvalue weighted by atomic mass is 16.2. The number of allylic oxidation sites excluding steroid dienone is 6. The van der Waals surface area contributed by atoms with E-state index in [-0.39, 0.29) is 93.9 Å². The first kappa shape index (κ1) is 153. The molecule has 0 rings (SSSR count). The molecule has 820 valence electrons. The number of nitrogens with one attached hydrogen (secondary N) is 28. The summed E-state index contributed by atoms with van der Waals surface area (Å²) >= 11 is 0. The Morgan fingerprint density at radius 2 is 0.234 bits per heavy atom. The molecular formula is C102H206N28O11. The molecule has 141 heavy (non-hydrogen) atoms. The SMILES string of the molecule is C.C.C.C.C=CC(=O)CCCNCCNCCNC(=O)C=C.C=CC(=O)CCCNCCNCCNC(=O)C=C.C=CC(=O)CCCNCCNCCNCCNCCNC(=O)C=C.C=CC(=O)CCCNCCNCCNCCNCCNCCNCCNC(=O)C=C.C=CC(=O)CCCNCCNCCNCCNCCNCCNCCNCCNC(=O)C=C.C=CCNCCNCCCC(=O)C=C. The molecule has 0 atom stereocenters. The van der Waals surface area contributed by atoms with E-state index in [0.717, 1.165) is 340 Å². The Hall–Kier alpha value is -8.67. The van der Waals surface area contributed by atoms with Gasteiger partial charge in [0.1, 0.15) is 0 Å². The van der Waals surface area contributed by atoms with Gasteiger partial charge in [-0.1, -0.05) is 108 Å². The van der Waals surface area contributed by atoms with Crippen molar-refractivity contribution >= 4 is 64.2 Å². The van der Waals surface area contributed by atoms with E-state index in [2.05, 4.69) is 228 Å². The maximum absolute atomic E-state index is 11.1. The summed E-state index contributed by atoms with van der Waals surface area (Å²) in [6, 6.07) is 0. The summed E-state index contributed by atoms with van der Waals surface area (Å²) in [5.74, 6) is -0.0650. The zero-order chi connectivity index (χ0) is 102. The van der Waals surface area contributed by atoms with Crippen molar-refractivity contribution < 1.29 is 52.7 Å². The third-order valence-electron chi connectivity index (χ3n) is 18.4. The van der Waals surface area contributed by atoms with E-state index in [4.69, 9.17) is 0 Å². The van der Waals surface area contributed by atoms with Crippen molar-refractivity contribution in [2.45, 2.75) is 107 Å². The predicted molar refractivity (Wildman–Crippen MR) is 596 cm³/mol. The van der Waals surface area contributed by atoms with E-state index in [9.17, 15) is 52.7 Å². The van der Waals surface area contributed by atoms with Crippen LogP contribution < -0.4 is 149 Å². The second kappa shape index (κ2) is 138. The van der Waals surface area contributed by atoms with Crippen LogP contribution in [0.3, 0.4) is 0 Å². The van der Waals surface area contributed by atoms with Gasteiger partial charge >= 0.3 is 0 Å². The van der Waals surface area contributed by atoms with E-state index in [1.165, 1.54) is 66.8 Å². The number of amides is 5. The van der Waals surface area contributed by atoms with Gasteiger partial charge in [0.05, 0.1) is 0 Å². The van der Waals surface area contributed by atoms with Crippen molar-refractivity contribution in [2.24, 2.45) is 0 Å². The Morgan fingerprint density at radius 3 is 0.333 bits per heavy atom. The Kier molecular flexibility index (Phi) is 149. The first-order chi connectivity index (χ1) is 66.8. The van der Waals surface area contributed by atoms with Crippen LogP contribution in [-0.4, -0.2) is 398 Å². The number of carbonyl (C=O) groups is 11. The summed E-state index contributed by atoms with van der Waals surface area (Å²) in [5.41, 5.74) is 0. The van der Waals surface area contributed by atoms with Crippen LogP contribution >= 0.6 is 0 Å². The number of rotatable bonds is 103. The smallest absolute Gasteiger partial charge is 0.243 e. The Labute approximate surface area is 854 Å². The lowest BCUT2D eigenvalue weighted by Gasteiger charge is -2.10. The average molecular weight is 2000 g/mol. The molecule has 0 heterocycles. The van der Waals surface area contributed by atoms with Gasteiger partial charge in [-0.25, -0.2) is 0 Å². The predicted octanol–water partition coefficient (Wildman–Crippen LogP) is -1.07. The van der Waals surface area contributed by atoms with Crippen LogP contribution in [0.1, 0.15) is 107 Å². The summed E-state index contributed by atoms with van der Waals surface area (Å²) in [6.07, 6.45) is 25.0. The molecule has 0 aliphatic heterocycles. The standard InChI is InChI=1S/C23H48N8O2.C21H43N7O2.C17H33N5O2.2C13H23N3O2.C11H20N2O.4CH4/c1-3-22(32)6-5-7-24-8-9-25-10-11-26-12-13-27-14-15-28-16-17-29-18-19-30-20-21-31-23(33)4-2;1-3-20(29)6-5-7-22-8-9-23-10-11-24-12-13-25-14-15-26-16-17-27-18-19-28-21(30)4-2;1-3-16(23)6-5-7-18-8-9-19-10-11-20-12-13-21-14-15-22-17(24)4-2;2*1-3-12(17)6-5-7-14-8-9-15-10-11-16-13(18)4-2;1-3-7-12-9-10-13-8-5-6-11(14)4-2;;;;/h3-4,24-30H,1-2,5-21H2,(H,31,33);3-4,22-27H,1-2,5-19H2,(H,28,30);3-4,18-21H,1-2,5-15H2,(H,22,24);2*3-4,14-15H,1-2,5-11H2,(H,16,18);3-4,12-13H,1-2,5-10H2;4*1H4. The fraction of sp³-hybridized carbons (Fsp3) is 0.657. The van der Waals surface area contributed by atoms with Crippen molar-refractivity contribution in [1.29, 1.82) is 0 Å². The van der Waals surface area contributed by atoms with Gasteiger partial charge < -0.3 is 149 Å². The minimum Gasteiger partial charge on any atom is -0.351 e. The lowest BCUT2D eigenvalue weighted by Crippen LogP contribution is -2.38. The minimum atomic E-state index is -0.151. The quantitative estimate of drug-likeness (QED) is 0.0196. The fourth-order valence-electron chi connectivity index (χ4n) is 10.6. The Balaban J connectivity index is -0.000000186. The summed E-state index contributed by atoms with van der Waals surface area (Å²) in [5, 5.41) is 89.6. The van der Waals surface area contributed by atoms with E-state index in [1.807, 2.05) is 6.08 Å². The third kappa shape index (κ3) is 149. The molecule has 5 amide bonds. The van der Waals surface area contributed by atoms with Gasteiger partial charge in [-0.05, 0) is 145 Å². The average Bonchev–Trinajstić information content (AvgIpc) is 1.15. The number of hydrogen-bond donors (Lipinski definition) is 28. The molecule has 0 bridgehead atoms. The molecule has 0 aliphatic carbocycles. The first-order valence-electron chi connectivity index (χ1n) is 49.1. The van der Waals surface area contributed by atoms with E-state index < -0.39 is 0 Å². The van der Waals surface area contributed by atoms with Crippen LogP contribution in [0, 0.1) is 0 Å². The van der Waals surface area contributed by atoms with Crippen molar-refractivity contribution in [1.82, 2.24) is 149 Å². The molecule has 0 aliphatic rings. The van der Waals surface area contributed by atoms with Crippen LogP contribution in [0.5, 0.6) is 0 Å². The highest BCUT2D eigenvalue weighted by molar-refractivity contribution is 5.92. The van der Waals surface area contributed by atoms with Crippen LogP contribution in [0.25, 0.3) is 0 Å². The molecule has 0 fully saturated rings. The summed E-state index contributed by atoms with van der Waals surface area (Å²) < 4.78 is 0. The lowest BCUT2D eigenvalue weighted by molar-refractivity contribution is -0.117. The van der Waals surface area contributed by atoms with Gasteiger partial charge in [0.15, 0.2) is 34.7 Å². The highest BCUT2D eigenvalue weighted by Gasteiger charge is 2.05. The number of ketones is 6. The normalized spacial score (nSPS) is 10.0. The fourth-order valence-corrected chi connectivity index (χ4v) is 10.6. The zero-order valence-corrected chi connectivity index (χ0v) is 84.0. The Morgan fingerprint density at radius 1 is 0.135 bits per heavy atom. The Bertz CT molecular complexity index is 2790. The molecule has 28 N–H and O–H groups in total. The van der Waals surface area contributed by atoms with Gasteiger partial charge in [0.2, 0.25) is 29.5 Å². The topological polar surface area (TPSA) is 525 Å². The number of carbonyl (C=O) groups excluding carboxylic acids is 11. The van der Waals surface area contributed by atoms with Crippen LogP contribution in [0.15, 0.2) is 152 Å². The van der Waals surface area contributed by atoms with Gasteiger partial charge in [-0.3, -0.25) is 52.7 Å². The van der Waals surface area contributed by atoms with Crippen molar-refractivity contribution in [3.63, 3.8) is 0 Å². The second-order valence-electron chi connectivity index (χ2n) is 30.1. The molecule has 0 spiro atoms. The van der Waals surface area contributed by atoms with Crippen molar-refractivity contribution in [3.05, 3.63) is 152 Å². The molecule has 0 aromatic rings. The third-order valence-corrected chi connectivity index (χ3v) is 18.4. The zero-order valence-electron chi connectivity index (χ0n) is 84.0. The van der Waals surface area contributed by atoms with Crippen LogP contribution in [-0.2, 0) is 52.7 Å². The maximum Gasteiger partial charge on any atom is 0.243 e. The molecular weight excluding hydrogens is 1790 g/mol. The summed E-state index contributed by atoms with van der Waals surface area (Å²) in [7, 11) is 0. The van der Waals surface area contributed by atoms with Gasteiger partial charge in [-0.2, -0.15) is 0 Å². The molecule has 0 saturated carbocycles. The molecule has 39 heteroatoms. The minimum absolute atomic E-state index is 0. The summed E-state index contributed by atoms with van der Waals surface area (Å²) in [6.45, 7) is 85.2. The van der Waals surface area contributed by atoms with Crippen LogP contribution in [0.2, 0.25) is 0 Å². The van der Waals surface area contributed by atoms with Gasteiger partial charge in [-0.15, -0.1) is 6.58 Å². The van der Waals surface area contributed by atoms with Crippen molar-refractivity contribution in [2.75, 3.05) is 334 Å². The first-order valence-corrected chi connectivity index (χ1v) is 49.1. The molecule has 0 unspecified atom stereocenters. The van der Waals surface area contributed by atoms with Gasteiger partial charge in [0, 0.05) is 333 Å². The molecule has 0 saturated heterocycles. The molecule has 0 aromatic heterocycles.